The van der Waals surface area contributed by atoms with Gasteiger partial charge in [-0.2, -0.15) is 0 Å². The third kappa shape index (κ3) is 40.7. The SMILES string of the molecule is C=CCOCCOCCOCCOCCOCCOCCOCCOCCOCCOCCOCCOCCOCC(=O)OC. The predicted octanol–water partition coefficient (Wildman–Crippen LogP) is 0.561. The van der Waals surface area contributed by atoms with Gasteiger partial charge >= 0.3 is 5.97 Å². The quantitative estimate of drug-likeness (QED) is 0.0513. The van der Waals surface area contributed by atoms with Crippen LogP contribution in [0.4, 0.5) is 0 Å². The summed E-state index contributed by atoms with van der Waals surface area (Å²) in [6.45, 7) is 15.8. The molecule has 0 heterocycles. The minimum Gasteiger partial charge on any atom is -0.467 e. The van der Waals surface area contributed by atoms with Gasteiger partial charge < -0.3 is 66.3 Å². The van der Waals surface area contributed by atoms with Crippen molar-refractivity contribution in [2.45, 2.75) is 0 Å². The molecule has 0 bridgehead atoms. The molecule has 0 amide bonds. The molecule has 0 N–H and O–H groups in total. The van der Waals surface area contributed by atoms with Crippen molar-refractivity contribution in [2.24, 2.45) is 0 Å². The molecule has 0 aliphatic heterocycles. The molecule has 0 rings (SSSR count). The number of methoxy groups -OCH3 is 1. The fourth-order valence-corrected chi connectivity index (χ4v) is 2.92. The van der Waals surface area contributed by atoms with Crippen molar-refractivity contribution >= 4 is 5.97 Å². The number of hydrogen-bond donors (Lipinski definition) is 0. The second-order valence-corrected chi connectivity index (χ2v) is 8.73. The molecule has 0 unspecified atom stereocenters. The van der Waals surface area contributed by atoms with E-state index in [1.54, 1.807) is 6.08 Å². The van der Waals surface area contributed by atoms with Crippen LogP contribution in [0.2, 0.25) is 0 Å². The van der Waals surface area contributed by atoms with Crippen LogP contribution in [0.15, 0.2) is 12.7 Å². The van der Waals surface area contributed by atoms with Gasteiger partial charge in [0.15, 0.2) is 0 Å². The summed E-state index contributed by atoms with van der Waals surface area (Å²) in [7, 11) is 1.31. The molecule has 0 fully saturated rings. The van der Waals surface area contributed by atoms with Crippen molar-refractivity contribution in [3.8, 4) is 0 Å². The van der Waals surface area contributed by atoms with Gasteiger partial charge in [-0.15, -0.1) is 6.58 Å². The number of carbonyl (C=O) groups excluding carboxylic acids is 1. The summed E-state index contributed by atoms with van der Waals surface area (Å²) < 4.78 is 74.4. The number of esters is 1. The highest BCUT2D eigenvalue weighted by atomic mass is 16.6. The maximum absolute atomic E-state index is 10.9. The maximum atomic E-state index is 10.9. The average molecular weight is 659 g/mol. The van der Waals surface area contributed by atoms with Gasteiger partial charge in [-0.1, -0.05) is 6.08 Å². The molecule has 0 aromatic heterocycles. The topological polar surface area (TPSA) is 146 Å². The van der Waals surface area contributed by atoms with Crippen molar-refractivity contribution in [2.75, 3.05) is 179 Å². The molecule has 0 aromatic rings. The lowest BCUT2D eigenvalue weighted by Gasteiger charge is -2.09. The summed E-state index contributed by atoms with van der Waals surface area (Å²) >= 11 is 0. The van der Waals surface area contributed by atoms with Crippen molar-refractivity contribution in [3.05, 3.63) is 12.7 Å². The smallest absolute Gasteiger partial charge is 0.331 e. The van der Waals surface area contributed by atoms with Gasteiger partial charge in [0.25, 0.3) is 0 Å². The molecule has 0 spiro atoms. The zero-order chi connectivity index (χ0) is 32.6. The summed E-state index contributed by atoms with van der Waals surface area (Å²) in [4.78, 5) is 10.9. The van der Waals surface area contributed by atoms with E-state index in [-0.39, 0.29) is 6.61 Å². The van der Waals surface area contributed by atoms with Crippen molar-refractivity contribution in [1.82, 2.24) is 0 Å². The number of rotatable bonds is 40. The fraction of sp³-hybridized carbons (Fsp3) is 0.900. The van der Waals surface area contributed by atoms with E-state index in [1.165, 1.54) is 7.11 Å². The van der Waals surface area contributed by atoms with E-state index in [1.807, 2.05) is 0 Å². The standard InChI is InChI=1S/C30H58O15/c1-3-4-33-5-6-34-7-8-35-9-10-36-11-12-37-13-14-38-15-16-39-17-18-40-19-20-41-21-22-42-23-24-43-25-26-44-27-28-45-29-30(31)32-2/h3H,1,4-29H2,2H3. The monoisotopic (exact) mass is 658 g/mol. The minimum absolute atomic E-state index is 0.0714. The van der Waals surface area contributed by atoms with E-state index in [4.69, 9.17) is 61.6 Å². The molecule has 0 aliphatic rings. The first-order valence-electron chi connectivity index (χ1n) is 15.5. The van der Waals surface area contributed by atoms with E-state index in [0.717, 1.165) is 0 Å². The highest BCUT2D eigenvalue weighted by molar-refractivity contribution is 5.70. The van der Waals surface area contributed by atoms with Gasteiger partial charge in [0.05, 0.1) is 172 Å². The molecule has 268 valence electrons. The van der Waals surface area contributed by atoms with Crippen LogP contribution >= 0.6 is 0 Å². The third-order valence-electron chi connectivity index (χ3n) is 5.15. The Bertz CT molecular complexity index is 586. The minimum atomic E-state index is -0.409. The first-order chi connectivity index (χ1) is 22.3. The van der Waals surface area contributed by atoms with Gasteiger partial charge in [-0.25, -0.2) is 4.79 Å². The van der Waals surface area contributed by atoms with Gasteiger partial charge in [0.2, 0.25) is 0 Å². The molecular formula is C30H58O15. The summed E-state index contributed by atoms with van der Waals surface area (Å²) in [5.41, 5.74) is 0. The van der Waals surface area contributed by atoms with E-state index in [2.05, 4.69) is 11.3 Å². The van der Waals surface area contributed by atoms with Crippen LogP contribution in [-0.4, -0.2) is 185 Å². The summed E-state index contributed by atoms with van der Waals surface area (Å²) in [5, 5.41) is 0. The first-order valence-corrected chi connectivity index (χ1v) is 15.5. The van der Waals surface area contributed by atoms with E-state index in [9.17, 15) is 4.79 Å². The van der Waals surface area contributed by atoms with E-state index < -0.39 is 5.97 Å². The second kappa shape index (κ2) is 40.7. The van der Waals surface area contributed by atoms with Crippen LogP contribution in [0.1, 0.15) is 0 Å². The number of ether oxygens (including phenoxy) is 14. The van der Waals surface area contributed by atoms with Gasteiger partial charge in [0.1, 0.15) is 6.61 Å². The Morgan fingerprint density at radius 2 is 0.578 bits per heavy atom. The molecule has 0 atom stereocenters. The van der Waals surface area contributed by atoms with Crippen LogP contribution in [0.3, 0.4) is 0 Å². The Kier molecular flexibility index (Phi) is 39.5. The third-order valence-corrected chi connectivity index (χ3v) is 5.15. The highest BCUT2D eigenvalue weighted by Crippen LogP contribution is 1.88. The van der Waals surface area contributed by atoms with Crippen molar-refractivity contribution in [3.63, 3.8) is 0 Å². The van der Waals surface area contributed by atoms with E-state index in [0.29, 0.717) is 165 Å². The second-order valence-electron chi connectivity index (χ2n) is 8.73. The van der Waals surface area contributed by atoms with Crippen molar-refractivity contribution in [1.29, 1.82) is 0 Å². The van der Waals surface area contributed by atoms with Crippen LogP contribution in [0, 0.1) is 0 Å². The molecule has 0 saturated carbocycles. The highest BCUT2D eigenvalue weighted by Gasteiger charge is 1.99. The number of hydrogen-bond acceptors (Lipinski definition) is 15. The van der Waals surface area contributed by atoms with E-state index >= 15 is 0 Å². The Morgan fingerprint density at radius 3 is 0.778 bits per heavy atom. The van der Waals surface area contributed by atoms with Crippen LogP contribution in [0.25, 0.3) is 0 Å². The summed E-state index contributed by atoms with van der Waals surface area (Å²) in [6.07, 6.45) is 1.71. The lowest BCUT2D eigenvalue weighted by Crippen LogP contribution is -2.16. The molecule has 45 heavy (non-hydrogen) atoms. The molecular weight excluding hydrogens is 600 g/mol. The molecule has 15 heteroatoms. The van der Waals surface area contributed by atoms with Gasteiger partial charge in [0, 0.05) is 0 Å². The molecule has 0 radical (unpaired) electrons. The van der Waals surface area contributed by atoms with Crippen molar-refractivity contribution < 1.29 is 71.1 Å². The zero-order valence-corrected chi connectivity index (χ0v) is 27.3. The van der Waals surface area contributed by atoms with Crippen LogP contribution in [-0.2, 0) is 71.1 Å². The largest absolute Gasteiger partial charge is 0.467 e. The normalized spacial score (nSPS) is 11.3. The molecule has 0 aromatic carbocycles. The molecule has 15 nitrogen and oxygen atoms in total. The summed E-state index contributed by atoms with van der Waals surface area (Å²) in [5.74, 6) is -0.409. The fourth-order valence-electron chi connectivity index (χ4n) is 2.92. The maximum Gasteiger partial charge on any atom is 0.331 e. The van der Waals surface area contributed by atoms with Gasteiger partial charge in [-0.3, -0.25) is 0 Å². The van der Waals surface area contributed by atoms with Crippen LogP contribution < -0.4 is 0 Å². The van der Waals surface area contributed by atoms with Gasteiger partial charge in [-0.05, 0) is 0 Å². The molecule has 0 saturated heterocycles. The Labute approximate surface area is 268 Å². The zero-order valence-electron chi connectivity index (χ0n) is 27.3. The summed E-state index contributed by atoms with van der Waals surface area (Å²) in [6, 6.07) is 0. The first kappa shape index (κ1) is 43.7. The van der Waals surface area contributed by atoms with Crippen LogP contribution in [0.5, 0.6) is 0 Å². The Morgan fingerprint density at radius 1 is 0.378 bits per heavy atom. The Hall–Kier alpha value is -1.31. The molecule has 0 aliphatic carbocycles. The lowest BCUT2D eigenvalue weighted by molar-refractivity contribution is -0.146. The lowest BCUT2D eigenvalue weighted by atomic mass is 10.6. The predicted molar refractivity (Wildman–Crippen MR) is 163 cm³/mol. The average Bonchev–Trinajstić information content (AvgIpc) is 3.05. The number of carbonyl (C=O) groups is 1. The Balaban J connectivity index is 3.05.